The molecule has 1 amide bonds. The van der Waals surface area contributed by atoms with Crippen LogP contribution in [-0.2, 0) is 0 Å². The van der Waals surface area contributed by atoms with E-state index in [1.54, 1.807) is 17.6 Å². The number of nitrogens with two attached hydrogens (primary N) is 1. The van der Waals surface area contributed by atoms with Gasteiger partial charge in [0.15, 0.2) is 5.13 Å². The van der Waals surface area contributed by atoms with Crippen molar-refractivity contribution in [3.05, 3.63) is 71.4 Å². The molecule has 6 nitrogen and oxygen atoms in total. The van der Waals surface area contributed by atoms with Crippen LogP contribution in [0.2, 0.25) is 0 Å². The first-order valence-electron chi connectivity index (χ1n) is 8.34. The summed E-state index contributed by atoms with van der Waals surface area (Å²) in [6.45, 7) is 2.01. The molecule has 134 valence electrons. The minimum absolute atomic E-state index is 0.297. The molecule has 0 aliphatic carbocycles. The molecule has 0 saturated carbocycles. The molecule has 4 N–H and O–H groups in total. The Bertz CT molecular complexity index is 1080. The number of imidazole rings is 1. The first-order chi connectivity index (χ1) is 13.1. The standard InChI is InChI=1S/C20H17N5OS/c1-12-6-8-13(9-7-12)16-17(19(26)25-20-22-10-11-27-20)24-18(23-16)14-4-2-3-5-15(14)21/h2-11H,21H2,1H3,(H,23,24)(H,22,25,26). The average molecular weight is 375 g/mol. The quantitative estimate of drug-likeness (QED) is 0.462. The van der Waals surface area contributed by atoms with Crippen LogP contribution in [0.25, 0.3) is 22.6 Å². The predicted molar refractivity (Wildman–Crippen MR) is 109 cm³/mol. The molecular weight excluding hydrogens is 358 g/mol. The maximum absolute atomic E-state index is 12.9. The fraction of sp³-hybridized carbons (Fsp3) is 0.0500. The van der Waals surface area contributed by atoms with Crippen LogP contribution in [0.4, 0.5) is 10.8 Å². The van der Waals surface area contributed by atoms with E-state index in [9.17, 15) is 4.79 Å². The summed E-state index contributed by atoms with van der Waals surface area (Å²) < 4.78 is 0. The fourth-order valence-corrected chi connectivity index (χ4v) is 3.27. The number of nitrogen functional groups attached to an aromatic ring is 1. The normalized spacial score (nSPS) is 10.7. The van der Waals surface area contributed by atoms with E-state index in [1.165, 1.54) is 11.3 Å². The number of nitrogens with zero attached hydrogens (tertiary/aromatic N) is 2. The van der Waals surface area contributed by atoms with Gasteiger partial charge in [0, 0.05) is 28.4 Å². The molecular formula is C20H17N5OS. The number of anilines is 2. The van der Waals surface area contributed by atoms with E-state index in [0.717, 1.165) is 16.7 Å². The van der Waals surface area contributed by atoms with Gasteiger partial charge in [0.25, 0.3) is 5.91 Å². The summed E-state index contributed by atoms with van der Waals surface area (Å²) in [4.78, 5) is 24.8. The number of carbonyl (C=O) groups is 1. The summed E-state index contributed by atoms with van der Waals surface area (Å²) in [5.74, 6) is 0.252. The smallest absolute Gasteiger partial charge is 0.276 e. The number of H-pyrrole nitrogens is 1. The number of thiazole rings is 1. The molecule has 0 saturated heterocycles. The molecule has 2 heterocycles. The number of rotatable bonds is 4. The molecule has 0 spiro atoms. The molecule has 0 radical (unpaired) electrons. The Morgan fingerprint density at radius 2 is 1.93 bits per heavy atom. The number of para-hydroxylation sites is 1. The van der Waals surface area contributed by atoms with Crippen LogP contribution in [0.15, 0.2) is 60.1 Å². The molecule has 0 aliphatic rings. The van der Waals surface area contributed by atoms with Gasteiger partial charge in [-0.1, -0.05) is 42.0 Å². The summed E-state index contributed by atoms with van der Waals surface area (Å²) in [6, 6.07) is 15.3. The van der Waals surface area contributed by atoms with Crippen LogP contribution in [-0.4, -0.2) is 20.9 Å². The third kappa shape index (κ3) is 3.45. The summed E-state index contributed by atoms with van der Waals surface area (Å²) in [5.41, 5.74) is 10.4. The Kier molecular flexibility index (Phi) is 4.43. The van der Waals surface area contributed by atoms with E-state index < -0.39 is 0 Å². The van der Waals surface area contributed by atoms with Crippen molar-refractivity contribution in [1.29, 1.82) is 0 Å². The second-order valence-electron chi connectivity index (χ2n) is 6.05. The minimum Gasteiger partial charge on any atom is -0.398 e. The number of carbonyl (C=O) groups excluding carboxylic acids is 1. The molecule has 2 aromatic heterocycles. The number of aromatic amines is 1. The molecule has 4 rings (SSSR count). The zero-order chi connectivity index (χ0) is 18.8. The van der Waals surface area contributed by atoms with Gasteiger partial charge in [0.2, 0.25) is 0 Å². The van der Waals surface area contributed by atoms with Crippen LogP contribution in [0.1, 0.15) is 16.1 Å². The van der Waals surface area contributed by atoms with Crippen molar-refractivity contribution in [2.45, 2.75) is 6.92 Å². The van der Waals surface area contributed by atoms with Crippen molar-refractivity contribution in [2.75, 3.05) is 11.1 Å². The molecule has 4 aromatic rings. The number of amides is 1. The maximum atomic E-state index is 12.9. The molecule has 2 aromatic carbocycles. The highest BCUT2D eigenvalue weighted by molar-refractivity contribution is 7.13. The largest absolute Gasteiger partial charge is 0.398 e. The maximum Gasteiger partial charge on any atom is 0.276 e. The zero-order valence-corrected chi connectivity index (χ0v) is 15.4. The van der Waals surface area contributed by atoms with Gasteiger partial charge >= 0.3 is 0 Å². The van der Waals surface area contributed by atoms with E-state index >= 15 is 0 Å². The van der Waals surface area contributed by atoms with Crippen molar-refractivity contribution in [3.8, 4) is 22.6 Å². The first-order valence-corrected chi connectivity index (χ1v) is 9.22. The molecule has 0 unspecified atom stereocenters. The van der Waals surface area contributed by atoms with E-state index in [0.29, 0.717) is 28.0 Å². The van der Waals surface area contributed by atoms with Crippen molar-refractivity contribution < 1.29 is 4.79 Å². The summed E-state index contributed by atoms with van der Waals surface area (Å²) in [6.07, 6.45) is 1.64. The van der Waals surface area contributed by atoms with Gasteiger partial charge in [-0.05, 0) is 19.1 Å². The minimum atomic E-state index is -0.297. The molecule has 27 heavy (non-hydrogen) atoms. The van der Waals surface area contributed by atoms with Crippen molar-refractivity contribution in [2.24, 2.45) is 0 Å². The van der Waals surface area contributed by atoms with Gasteiger partial charge in [-0.25, -0.2) is 9.97 Å². The van der Waals surface area contributed by atoms with Crippen LogP contribution in [0.5, 0.6) is 0 Å². The molecule has 7 heteroatoms. The highest BCUT2D eigenvalue weighted by Gasteiger charge is 2.21. The van der Waals surface area contributed by atoms with Gasteiger partial charge in [-0.2, -0.15) is 0 Å². The van der Waals surface area contributed by atoms with E-state index in [2.05, 4.69) is 20.3 Å². The number of aryl methyl sites for hydroxylation is 1. The van der Waals surface area contributed by atoms with Crippen LogP contribution in [0.3, 0.4) is 0 Å². The second-order valence-corrected chi connectivity index (χ2v) is 6.95. The summed E-state index contributed by atoms with van der Waals surface area (Å²) >= 11 is 1.36. The summed E-state index contributed by atoms with van der Waals surface area (Å²) in [5, 5.41) is 5.14. The number of aromatic nitrogens is 3. The Balaban J connectivity index is 1.81. The first kappa shape index (κ1) is 17.0. The zero-order valence-electron chi connectivity index (χ0n) is 14.6. The van der Waals surface area contributed by atoms with Gasteiger partial charge in [0.05, 0.1) is 0 Å². The van der Waals surface area contributed by atoms with Crippen LogP contribution < -0.4 is 11.1 Å². The van der Waals surface area contributed by atoms with Crippen LogP contribution in [0, 0.1) is 6.92 Å². The van der Waals surface area contributed by atoms with E-state index in [1.807, 2.05) is 49.4 Å². The topological polar surface area (TPSA) is 96.7 Å². The van der Waals surface area contributed by atoms with Crippen molar-refractivity contribution in [3.63, 3.8) is 0 Å². The van der Waals surface area contributed by atoms with Gasteiger partial charge in [0.1, 0.15) is 17.2 Å². The van der Waals surface area contributed by atoms with Crippen molar-refractivity contribution in [1.82, 2.24) is 15.0 Å². The number of hydrogen-bond donors (Lipinski definition) is 3. The third-order valence-electron chi connectivity index (χ3n) is 4.12. The predicted octanol–water partition coefficient (Wildman–Crippen LogP) is 4.34. The molecule has 0 atom stereocenters. The highest BCUT2D eigenvalue weighted by atomic mass is 32.1. The SMILES string of the molecule is Cc1ccc(-c2nc(-c3ccccc3N)[nH]c2C(=O)Nc2nccs2)cc1. The van der Waals surface area contributed by atoms with Crippen LogP contribution >= 0.6 is 11.3 Å². The lowest BCUT2D eigenvalue weighted by atomic mass is 10.1. The molecule has 0 bridgehead atoms. The Morgan fingerprint density at radius 3 is 2.63 bits per heavy atom. The van der Waals surface area contributed by atoms with E-state index in [4.69, 9.17) is 5.73 Å². The number of nitrogens with one attached hydrogen (secondary N) is 2. The number of benzene rings is 2. The lowest BCUT2D eigenvalue weighted by Gasteiger charge is -2.03. The summed E-state index contributed by atoms with van der Waals surface area (Å²) in [7, 11) is 0. The number of hydrogen-bond acceptors (Lipinski definition) is 5. The average Bonchev–Trinajstić information content (AvgIpc) is 3.32. The lowest BCUT2D eigenvalue weighted by Crippen LogP contribution is -2.13. The lowest BCUT2D eigenvalue weighted by molar-refractivity contribution is 0.102. The van der Waals surface area contributed by atoms with Gasteiger partial charge in [-0.15, -0.1) is 11.3 Å². The third-order valence-corrected chi connectivity index (χ3v) is 4.81. The van der Waals surface area contributed by atoms with E-state index in [-0.39, 0.29) is 5.91 Å². The van der Waals surface area contributed by atoms with Crippen molar-refractivity contribution >= 4 is 28.1 Å². The Labute approximate surface area is 160 Å². The second kappa shape index (κ2) is 7.05. The van der Waals surface area contributed by atoms with Gasteiger partial charge < -0.3 is 10.7 Å². The highest BCUT2D eigenvalue weighted by Crippen LogP contribution is 2.29. The van der Waals surface area contributed by atoms with Gasteiger partial charge in [-0.3, -0.25) is 10.1 Å². The molecule has 0 fully saturated rings. The monoisotopic (exact) mass is 375 g/mol. The molecule has 0 aliphatic heterocycles. The Hall–Kier alpha value is -3.45. The fourth-order valence-electron chi connectivity index (χ4n) is 2.74. The Morgan fingerprint density at radius 1 is 1.15 bits per heavy atom.